The molecule has 2 amide bonds. The minimum Gasteiger partial charge on any atom is -0.331 e. The third kappa shape index (κ3) is 5.00. The van der Waals surface area contributed by atoms with E-state index in [1.165, 1.54) is 30.2 Å². The summed E-state index contributed by atoms with van der Waals surface area (Å²) in [6.45, 7) is 3.24. The van der Waals surface area contributed by atoms with Crippen LogP contribution in [0.15, 0.2) is 18.2 Å². The number of carbonyl (C=O) groups is 1. The third-order valence-corrected chi connectivity index (χ3v) is 6.63. The SMILES string of the molecule is CC(NC(=O)N1CCCC(CS(C)(=O)=O)C1)c1ccc2c(c1)CCCC2. The molecule has 1 aliphatic carbocycles. The van der Waals surface area contributed by atoms with Gasteiger partial charge in [-0.05, 0) is 68.1 Å². The van der Waals surface area contributed by atoms with Crippen molar-refractivity contribution in [1.82, 2.24) is 10.2 Å². The van der Waals surface area contributed by atoms with Gasteiger partial charge in [-0.3, -0.25) is 0 Å². The van der Waals surface area contributed by atoms with Crippen LogP contribution in [0.25, 0.3) is 0 Å². The molecule has 0 spiro atoms. The molecule has 2 atom stereocenters. The Kier molecular flexibility index (Phi) is 5.90. The summed E-state index contributed by atoms with van der Waals surface area (Å²) in [6.07, 6.45) is 7.80. The van der Waals surface area contributed by atoms with Crippen LogP contribution < -0.4 is 5.32 Å². The number of sulfone groups is 1. The minimum absolute atomic E-state index is 0.0450. The van der Waals surface area contributed by atoms with E-state index in [1.807, 2.05) is 6.92 Å². The minimum atomic E-state index is -3.01. The lowest BCUT2D eigenvalue weighted by Gasteiger charge is -2.33. The van der Waals surface area contributed by atoms with Gasteiger partial charge in [0.15, 0.2) is 0 Å². The largest absolute Gasteiger partial charge is 0.331 e. The number of amides is 2. The average Bonchev–Trinajstić information content (AvgIpc) is 2.60. The number of aryl methyl sites for hydroxylation is 2. The van der Waals surface area contributed by atoms with Gasteiger partial charge in [-0.1, -0.05) is 18.2 Å². The van der Waals surface area contributed by atoms with Crippen LogP contribution in [0, 0.1) is 5.92 Å². The Bertz CT molecular complexity index is 760. The fraction of sp³-hybridized carbons (Fsp3) is 0.650. The predicted molar refractivity (Wildman–Crippen MR) is 104 cm³/mol. The number of rotatable bonds is 4. The molecule has 1 fully saturated rings. The average molecular weight is 379 g/mol. The molecule has 2 unspecified atom stereocenters. The van der Waals surface area contributed by atoms with Gasteiger partial charge in [-0.2, -0.15) is 0 Å². The van der Waals surface area contributed by atoms with Crippen LogP contribution in [0.2, 0.25) is 0 Å². The van der Waals surface area contributed by atoms with Gasteiger partial charge < -0.3 is 10.2 Å². The van der Waals surface area contributed by atoms with Gasteiger partial charge in [0.2, 0.25) is 0 Å². The molecule has 2 aliphatic rings. The molecule has 0 bridgehead atoms. The molecular weight excluding hydrogens is 348 g/mol. The van der Waals surface area contributed by atoms with Crippen LogP contribution >= 0.6 is 0 Å². The van der Waals surface area contributed by atoms with Gasteiger partial charge in [0.05, 0.1) is 11.8 Å². The first-order chi connectivity index (χ1) is 12.3. The van der Waals surface area contributed by atoms with E-state index in [1.54, 1.807) is 4.90 Å². The van der Waals surface area contributed by atoms with Crippen molar-refractivity contribution in [3.8, 4) is 0 Å². The summed E-state index contributed by atoms with van der Waals surface area (Å²) in [5, 5.41) is 3.09. The fourth-order valence-corrected chi connectivity index (χ4v) is 5.32. The zero-order valence-electron chi connectivity index (χ0n) is 15.8. The molecule has 144 valence electrons. The van der Waals surface area contributed by atoms with Crippen molar-refractivity contribution >= 4 is 15.9 Å². The van der Waals surface area contributed by atoms with E-state index in [9.17, 15) is 13.2 Å². The maximum atomic E-state index is 12.6. The van der Waals surface area contributed by atoms with E-state index in [0.717, 1.165) is 31.2 Å². The first-order valence-corrected chi connectivity index (χ1v) is 11.7. The number of fused-ring (bicyclic) bond motifs is 1. The summed E-state index contributed by atoms with van der Waals surface area (Å²) in [6, 6.07) is 6.42. The molecule has 3 rings (SSSR count). The molecule has 1 N–H and O–H groups in total. The second-order valence-corrected chi connectivity index (χ2v) is 10.1. The van der Waals surface area contributed by atoms with Gasteiger partial charge >= 0.3 is 6.03 Å². The van der Waals surface area contributed by atoms with E-state index >= 15 is 0 Å². The zero-order valence-corrected chi connectivity index (χ0v) is 16.6. The van der Waals surface area contributed by atoms with E-state index in [-0.39, 0.29) is 23.7 Å². The molecule has 1 aromatic carbocycles. The molecule has 1 aromatic rings. The summed E-state index contributed by atoms with van der Waals surface area (Å²) in [5.41, 5.74) is 4.00. The number of nitrogens with zero attached hydrogens (tertiary/aromatic N) is 1. The monoisotopic (exact) mass is 378 g/mol. The topological polar surface area (TPSA) is 66.5 Å². The number of benzene rings is 1. The van der Waals surface area contributed by atoms with Crippen molar-refractivity contribution in [2.45, 2.75) is 51.5 Å². The lowest BCUT2D eigenvalue weighted by Crippen LogP contribution is -2.47. The zero-order chi connectivity index (χ0) is 18.7. The second-order valence-electron chi connectivity index (χ2n) is 7.95. The highest BCUT2D eigenvalue weighted by atomic mass is 32.2. The smallest absolute Gasteiger partial charge is 0.317 e. The van der Waals surface area contributed by atoms with Crippen molar-refractivity contribution < 1.29 is 13.2 Å². The molecule has 0 radical (unpaired) electrons. The number of urea groups is 1. The molecule has 1 heterocycles. The molecule has 1 saturated heterocycles. The summed E-state index contributed by atoms with van der Waals surface area (Å²) in [5.74, 6) is 0.209. The maximum Gasteiger partial charge on any atom is 0.317 e. The molecule has 1 aliphatic heterocycles. The van der Waals surface area contributed by atoms with Gasteiger partial charge in [0, 0.05) is 19.3 Å². The molecule has 0 saturated carbocycles. The standard InChI is InChI=1S/C20H30N2O3S/c1-15(18-10-9-17-7-3-4-8-19(17)12-18)21-20(23)22-11-5-6-16(13-22)14-26(2,24)25/h9-10,12,15-16H,3-8,11,13-14H2,1-2H3,(H,21,23). The normalized spacial score (nSPS) is 21.8. The van der Waals surface area contributed by atoms with Crippen LogP contribution in [0.5, 0.6) is 0 Å². The van der Waals surface area contributed by atoms with Crippen molar-refractivity contribution in [3.63, 3.8) is 0 Å². The number of nitrogens with one attached hydrogen (secondary N) is 1. The van der Waals surface area contributed by atoms with E-state index in [4.69, 9.17) is 0 Å². The summed E-state index contributed by atoms with van der Waals surface area (Å²) in [7, 11) is -3.01. The highest BCUT2D eigenvalue weighted by Gasteiger charge is 2.27. The van der Waals surface area contributed by atoms with Gasteiger partial charge in [-0.15, -0.1) is 0 Å². The maximum absolute atomic E-state index is 12.6. The molecule has 26 heavy (non-hydrogen) atoms. The van der Waals surface area contributed by atoms with E-state index in [0.29, 0.717) is 13.1 Å². The first-order valence-electron chi connectivity index (χ1n) is 9.67. The predicted octanol–water partition coefficient (Wildman–Crippen LogP) is 3.09. The van der Waals surface area contributed by atoms with Crippen molar-refractivity contribution in [2.75, 3.05) is 25.1 Å². The Morgan fingerprint density at radius 2 is 1.96 bits per heavy atom. The van der Waals surface area contributed by atoms with E-state index in [2.05, 4.69) is 23.5 Å². The third-order valence-electron chi connectivity index (χ3n) is 5.56. The number of carbonyl (C=O) groups excluding carboxylic acids is 1. The van der Waals surface area contributed by atoms with Crippen molar-refractivity contribution in [3.05, 3.63) is 34.9 Å². The van der Waals surface area contributed by atoms with Crippen LogP contribution in [-0.2, 0) is 22.7 Å². The Labute approximate surface area is 157 Å². The quantitative estimate of drug-likeness (QED) is 0.875. The Morgan fingerprint density at radius 1 is 1.23 bits per heavy atom. The summed E-state index contributed by atoms with van der Waals surface area (Å²) in [4.78, 5) is 14.4. The van der Waals surface area contributed by atoms with Crippen LogP contribution in [0.3, 0.4) is 0 Å². The number of hydrogen-bond donors (Lipinski definition) is 1. The van der Waals surface area contributed by atoms with Crippen LogP contribution in [0.1, 0.15) is 55.3 Å². The van der Waals surface area contributed by atoms with Crippen LogP contribution in [0.4, 0.5) is 4.79 Å². The Hall–Kier alpha value is -1.56. The molecule has 5 nitrogen and oxygen atoms in total. The number of piperidine rings is 1. The summed E-state index contributed by atoms with van der Waals surface area (Å²) < 4.78 is 23.1. The Balaban J connectivity index is 1.60. The second kappa shape index (κ2) is 7.99. The lowest BCUT2D eigenvalue weighted by atomic mass is 9.89. The van der Waals surface area contributed by atoms with Crippen LogP contribution in [-0.4, -0.2) is 44.4 Å². The van der Waals surface area contributed by atoms with E-state index < -0.39 is 9.84 Å². The summed E-state index contributed by atoms with van der Waals surface area (Å²) >= 11 is 0. The Morgan fingerprint density at radius 3 is 2.69 bits per heavy atom. The number of likely N-dealkylation sites (tertiary alicyclic amines) is 1. The highest BCUT2D eigenvalue weighted by Crippen LogP contribution is 2.25. The fourth-order valence-electron chi connectivity index (χ4n) is 4.20. The van der Waals surface area contributed by atoms with Crippen molar-refractivity contribution in [1.29, 1.82) is 0 Å². The number of hydrogen-bond acceptors (Lipinski definition) is 3. The molecule has 6 heteroatoms. The lowest BCUT2D eigenvalue weighted by molar-refractivity contribution is 0.167. The highest BCUT2D eigenvalue weighted by molar-refractivity contribution is 7.90. The van der Waals surface area contributed by atoms with Gasteiger partial charge in [0.1, 0.15) is 9.84 Å². The molecular formula is C20H30N2O3S. The van der Waals surface area contributed by atoms with Gasteiger partial charge in [0.25, 0.3) is 0 Å². The van der Waals surface area contributed by atoms with Gasteiger partial charge in [-0.25, -0.2) is 13.2 Å². The molecule has 0 aromatic heterocycles. The van der Waals surface area contributed by atoms with Crippen molar-refractivity contribution in [2.24, 2.45) is 5.92 Å². The first kappa shape index (κ1) is 19.2.